The molecule has 0 unspecified atom stereocenters. The molecule has 1 N–H and O–H groups in total. The molecule has 0 amide bonds. The summed E-state index contributed by atoms with van der Waals surface area (Å²) in [7, 11) is 0. The Kier molecular flexibility index (Phi) is 11.2. The predicted molar refractivity (Wildman–Crippen MR) is 124 cm³/mol. The largest absolute Gasteiger partial charge is 3.00 e. The van der Waals surface area contributed by atoms with Crippen LogP contribution in [0.2, 0.25) is 0 Å². The maximum absolute atomic E-state index is 7.68. The van der Waals surface area contributed by atoms with Crippen LogP contribution in [-0.4, -0.2) is 5.54 Å². The Morgan fingerprint density at radius 2 is 1.34 bits per heavy atom. The monoisotopic (exact) mass is 416 g/mol. The first-order valence-corrected chi connectivity index (χ1v) is 9.70. The molecule has 0 aliphatic heterocycles. The minimum atomic E-state index is -0.296. The van der Waals surface area contributed by atoms with Crippen molar-refractivity contribution in [2.75, 3.05) is 0 Å². The molecule has 0 aromatic heterocycles. The van der Waals surface area contributed by atoms with Crippen molar-refractivity contribution in [3.63, 3.8) is 0 Å². The van der Waals surface area contributed by atoms with Crippen molar-refractivity contribution in [1.82, 2.24) is 0 Å². The quantitative estimate of drug-likeness (QED) is 0.240. The summed E-state index contributed by atoms with van der Waals surface area (Å²) >= 11 is 0. The van der Waals surface area contributed by atoms with E-state index >= 15 is 0 Å². The molecule has 0 fully saturated rings. The molecule has 147 valence electrons. The fraction of sp³-hybridized carbons (Fsp3) is 0.185. The van der Waals surface area contributed by atoms with Crippen LogP contribution in [0.5, 0.6) is 0 Å². The van der Waals surface area contributed by atoms with E-state index in [1.807, 2.05) is 62.4 Å². The zero-order valence-electron chi connectivity index (χ0n) is 17.4. The van der Waals surface area contributed by atoms with Gasteiger partial charge >= 0.3 is 21.7 Å². The van der Waals surface area contributed by atoms with E-state index in [9.17, 15) is 0 Å². The molecule has 4 aromatic rings. The molecule has 0 spiro atoms. The average Bonchev–Trinajstić information content (AvgIpc) is 3.17. The minimum absolute atomic E-state index is 0. The maximum Gasteiger partial charge on any atom is 3.00 e. The van der Waals surface area contributed by atoms with Gasteiger partial charge in [0.15, 0.2) is 0 Å². The van der Waals surface area contributed by atoms with E-state index in [-0.39, 0.29) is 27.3 Å². The van der Waals surface area contributed by atoms with Gasteiger partial charge in [0.1, 0.15) is 0 Å². The second kappa shape index (κ2) is 13.1. The molecule has 4 rings (SSSR count). The van der Waals surface area contributed by atoms with Crippen LogP contribution in [0.15, 0.2) is 103 Å². The number of aryl methyl sites for hydroxylation is 1. The molecule has 0 bridgehead atoms. The number of benzene rings is 3. The van der Waals surface area contributed by atoms with Crippen LogP contribution >= 0.6 is 0 Å². The van der Waals surface area contributed by atoms with Crippen LogP contribution in [0.25, 0.3) is 16.5 Å². The Labute approximate surface area is 191 Å². The zero-order valence-corrected chi connectivity index (χ0v) is 19.0. The summed E-state index contributed by atoms with van der Waals surface area (Å²) in [5, 5.41) is 2.66. The van der Waals surface area contributed by atoms with Crippen LogP contribution in [-0.2, 0) is 28.1 Å². The van der Waals surface area contributed by atoms with Crippen molar-refractivity contribution in [1.29, 1.82) is 0 Å². The zero-order chi connectivity index (χ0) is 20.2. The summed E-state index contributed by atoms with van der Waals surface area (Å²) in [5.74, 6) is 0. The van der Waals surface area contributed by atoms with E-state index < -0.39 is 0 Å². The topological polar surface area (TPSA) is 23.8 Å². The molecule has 0 heterocycles. The number of nitrogens with one attached hydrogen (secondary N) is 1. The average molecular weight is 416 g/mol. The molecule has 0 saturated heterocycles. The van der Waals surface area contributed by atoms with Crippen LogP contribution in [0.3, 0.4) is 0 Å². The van der Waals surface area contributed by atoms with Crippen molar-refractivity contribution in [3.05, 3.63) is 127 Å². The number of fused-ring (bicyclic) bond motifs is 1. The van der Waals surface area contributed by atoms with Gasteiger partial charge in [0.25, 0.3) is 0 Å². The van der Waals surface area contributed by atoms with Crippen LogP contribution in [0, 0.1) is 6.92 Å². The first-order chi connectivity index (χ1) is 13.4. The Morgan fingerprint density at radius 3 is 1.86 bits per heavy atom. The van der Waals surface area contributed by atoms with Crippen molar-refractivity contribution < 1.29 is 21.7 Å². The first kappa shape index (κ1) is 24.9. The van der Waals surface area contributed by atoms with Gasteiger partial charge in [0.2, 0.25) is 0 Å². The van der Waals surface area contributed by atoms with Gasteiger partial charge in [-0.1, -0.05) is 62.7 Å². The summed E-state index contributed by atoms with van der Waals surface area (Å²) in [6, 6.07) is 34.9. The molecule has 0 aliphatic carbocycles. The van der Waals surface area contributed by atoms with Gasteiger partial charge in [-0.05, 0) is 12.0 Å². The fourth-order valence-electron chi connectivity index (χ4n) is 2.65. The Bertz CT molecular complexity index is 875. The molecule has 0 atom stereocenters. The van der Waals surface area contributed by atoms with Gasteiger partial charge in [-0.3, -0.25) is 0 Å². The first-order valence-electron chi connectivity index (χ1n) is 9.70. The van der Waals surface area contributed by atoms with E-state index in [1.165, 1.54) is 16.3 Å². The molecular weight excluding hydrogens is 386 g/mol. The third kappa shape index (κ3) is 10.8. The van der Waals surface area contributed by atoms with Crippen molar-refractivity contribution in [3.8, 4) is 0 Å². The van der Waals surface area contributed by atoms with Crippen molar-refractivity contribution in [2.24, 2.45) is 0 Å². The fourth-order valence-corrected chi connectivity index (χ4v) is 2.65. The van der Waals surface area contributed by atoms with Gasteiger partial charge in [0.05, 0.1) is 0 Å². The summed E-state index contributed by atoms with van der Waals surface area (Å²) in [5.41, 5.74) is 9.79. The second-order valence-corrected chi connectivity index (χ2v) is 7.51. The van der Waals surface area contributed by atoms with E-state index in [0.29, 0.717) is 0 Å². The van der Waals surface area contributed by atoms with E-state index in [2.05, 4.69) is 61.5 Å². The SMILES string of the molecule is CC(C)([NH-])CCc1ccccc1.[CH2-]c1ccccc1.[Ti+3].c1ccc2[cH-]ccc2c1. The second-order valence-electron chi connectivity index (χ2n) is 7.51. The summed E-state index contributed by atoms with van der Waals surface area (Å²) in [6.07, 6.45) is 1.94. The predicted octanol–water partition coefficient (Wildman–Crippen LogP) is 7.87. The smallest absolute Gasteiger partial charge is 0.672 e. The molecule has 1 nitrogen and oxygen atoms in total. The van der Waals surface area contributed by atoms with Gasteiger partial charge in [-0.25, -0.2) is 0 Å². The van der Waals surface area contributed by atoms with E-state index in [0.717, 1.165) is 18.4 Å². The molecule has 4 aromatic carbocycles. The van der Waals surface area contributed by atoms with Crippen molar-refractivity contribution in [2.45, 2.75) is 32.2 Å². The maximum atomic E-state index is 7.68. The van der Waals surface area contributed by atoms with Gasteiger partial charge < -0.3 is 5.73 Å². The molecule has 1 radical (unpaired) electrons. The molecule has 0 saturated carbocycles. The minimum Gasteiger partial charge on any atom is -0.672 e. The third-order valence-electron chi connectivity index (χ3n) is 4.27. The Balaban J connectivity index is 0.000000221. The summed E-state index contributed by atoms with van der Waals surface area (Å²) < 4.78 is 0. The number of hydrogen-bond donors (Lipinski definition) is 0. The standard InChI is InChI=1S/C11H16N.C9H7.C7H7.Ti/c1-11(2,12)9-8-10-6-4-3-5-7-10;1-2-5-9-7-3-6-8(9)4-1;1-7-5-3-2-4-6-7;/h3-7,12H,8-9H2,1-2H3;1-7H;2-6H,1H2;/q3*-1;+3. The van der Waals surface area contributed by atoms with E-state index in [4.69, 9.17) is 5.73 Å². The number of rotatable bonds is 3. The normalized spacial score (nSPS) is 10.0. The Morgan fingerprint density at radius 1 is 0.793 bits per heavy atom. The van der Waals surface area contributed by atoms with Gasteiger partial charge in [-0.2, -0.15) is 42.1 Å². The number of hydrogen-bond acceptors (Lipinski definition) is 0. The van der Waals surface area contributed by atoms with Gasteiger partial charge in [-0.15, -0.1) is 47.3 Å². The van der Waals surface area contributed by atoms with E-state index in [1.54, 1.807) is 0 Å². The van der Waals surface area contributed by atoms with Gasteiger partial charge in [0, 0.05) is 0 Å². The Hall–Kier alpha value is -2.19. The van der Waals surface area contributed by atoms with Crippen LogP contribution in [0.4, 0.5) is 0 Å². The molecular formula is C27H30NTi. The third-order valence-corrected chi connectivity index (χ3v) is 4.27. The van der Waals surface area contributed by atoms with Crippen LogP contribution in [0.1, 0.15) is 31.4 Å². The summed E-state index contributed by atoms with van der Waals surface area (Å²) in [4.78, 5) is 0. The molecule has 2 heteroatoms. The molecule has 29 heavy (non-hydrogen) atoms. The van der Waals surface area contributed by atoms with Crippen molar-refractivity contribution >= 4 is 10.8 Å². The van der Waals surface area contributed by atoms with Crippen LogP contribution < -0.4 is 0 Å². The summed E-state index contributed by atoms with van der Waals surface area (Å²) in [6.45, 7) is 7.63. The molecule has 0 aliphatic rings.